The molecule has 1 saturated carbocycles. The summed E-state index contributed by atoms with van der Waals surface area (Å²) in [6.45, 7) is 21.1. The van der Waals surface area contributed by atoms with Crippen LogP contribution in [0.1, 0.15) is 94.9 Å². The van der Waals surface area contributed by atoms with Crippen molar-refractivity contribution < 1.29 is 0 Å². The molecule has 0 bridgehead atoms. The van der Waals surface area contributed by atoms with E-state index >= 15 is 0 Å². The third-order valence-electron chi connectivity index (χ3n) is 1.61. The number of hydrogen-bond donors (Lipinski definition) is 0. The van der Waals surface area contributed by atoms with Gasteiger partial charge in [0.05, 0.1) is 0 Å². The summed E-state index contributed by atoms with van der Waals surface area (Å²) in [5.41, 5.74) is 0. The van der Waals surface area contributed by atoms with Gasteiger partial charge in [-0.25, -0.2) is 0 Å². The highest BCUT2D eigenvalue weighted by Crippen LogP contribution is 2.31. The Labute approximate surface area is 107 Å². The second-order valence-electron chi connectivity index (χ2n) is 4.10. The van der Waals surface area contributed by atoms with E-state index < -0.39 is 0 Å². The quantitative estimate of drug-likeness (QED) is 0.424. The first-order chi connectivity index (χ1) is 7.62. The average molecular weight is 232 g/mol. The van der Waals surface area contributed by atoms with Crippen molar-refractivity contribution in [2.45, 2.75) is 94.9 Å². The van der Waals surface area contributed by atoms with E-state index in [1.807, 2.05) is 27.7 Å². The molecule has 104 valence electrons. The summed E-state index contributed by atoms with van der Waals surface area (Å²) in [6.07, 6.45) is 5.44. The third kappa shape index (κ3) is 37.0. The Bertz CT molecular complexity index is 52.4. The Kier molecular flexibility index (Phi) is 45.9. The van der Waals surface area contributed by atoms with Gasteiger partial charge in [-0.1, -0.05) is 82.1 Å². The molecule has 0 amide bonds. The van der Waals surface area contributed by atoms with Crippen molar-refractivity contribution in [2.75, 3.05) is 0 Å². The van der Waals surface area contributed by atoms with E-state index in [1.165, 1.54) is 25.7 Å². The van der Waals surface area contributed by atoms with Gasteiger partial charge < -0.3 is 0 Å². The Morgan fingerprint density at radius 2 is 0.750 bits per heavy atom. The normalized spacial score (nSPS) is 19.9. The zero-order valence-electron chi connectivity index (χ0n) is 14.0. The number of hydrogen-bond acceptors (Lipinski definition) is 0. The maximum Gasteiger partial charge on any atom is -0.0438 e. The van der Waals surface area contributed by atoms with E-state index in [1.54, 1.807) is 0 Å². The molecule has 1 fully saturated rings. The molecule has 0 spiro atoms. The lowest BCUT2D eigenvalue weighted by molar-refractivity contribution is 0.233. The molecule has 0 atom stereocenters. The minimum Gasteiger partial charge on any atom is -0.0683 e. The summed E-state index contributed by atoms with van der Waals surface area (Å²) in [6, 6.07) is 0. The summed E-state index contributed by atoms with van der Waals surface area (Å²) >= 11 is 0. The van der Waals surface area contributed by atoms with Gasteiger partial charge in [0.15, 0.2) is 0 Å². The van der Waals surface area contributed by atoms with Crippen LogP contribution in [0.5, 0.6) is 0 Å². The molecule has 0 aromatic heterocycles. The highest BCUT2D eigenvalue weighted by molar-refractivity contribution is 4.71. The van der Waals surface area contributed by atoms with E-state index in [0.717, 1.165) is 11.8 Å². The van der Waals surface area contributed by atoms with E-state index in [0.29, 0.717) is 0 Å². The fourth-order valence-electron chi connectivity index (χ4n) is 1.30. The first-order valence-electron chi connectivity index (χ1n) is 7.62. The van der Waals surface area contributed by atoms with Crippen molar-refractivity contribution in [1.82, 2.24) is 0 Å². The average Bonchev–Trinajstić information content (AvgIpc) is 2.24. The van der Waals surface area contributed by atoms with Crippen molar-refractivity contribution in [3.63, 3.8) is 0 Å². The Hall–Kier alpha value is 0. The van der Waals surface area contributed by atoms with E-state index in [2.05, 4.69) is 41.5 Å². The molecule has 0 radical (unpaired) electrons. The lowest BCUT2D eigenvalue weighted by atomic mass is 9.78. The van der Waals surface area contributed by atoms with Crippen LogP contribution in [-0.4, -0.2) is 0 Å². The van der Waals surface area contributed by atoms with Crippen LogP contribution in [0, 0.1) is 11.8 Å². The summed E-state index contributed by atoms with van der Waals surface area (Å²) in [5, 5.41) is 0. The number of rotatable bonds is 0. The highest BCUT2D eigenvalue weighted by Gasteiger charge is 2.19. The van der Waals surface area contributed by atoms with Gasteiger partial charge in [0.1, 0.15) is 0 Å². The molecular formula is C16H40. The van der Waals surface area contributed by atoms with Crippen molar-refractivity contribution in [1.29, 1.82) is 0 Å². The van der Waals surface area contributed by atoms with Gasteiger partial charge in [-0.2, -0.15) is 0 Å². The molecule has 0 saturated heterocycles. The molecule has 0 N–H and O–H groups in total. The summed E-state index contributed by atoms with van der Waals surface area (Å²) in [7, 11) is 0. The maximum absolute atomic E-state index is 2.32. The SMILES string of the molecule is CC.CC.CC1CC(C)C1.CCC.CCC. The summed E-state index contributed by atoms with van der Waals surface area (Å²) < 4.78 is 0. The smallest absolute Gasteiger partial charge is 0.0438 e. The van der Waals surface area contributed by atoms with Gasteiger partial charge in [-0.05, 0) is 24.7 Å². The molecule has 0 aliphatic heterocycles. The minimum atomic E-state index is 1.04. The van der Waals surface area contributed by atoms with Crippen LogP contribution < -0.4 is 0 Å². The van der Waals surface area contributed by atoms with Gasteiger partial charge in [-0.3, -0.25) is 0 Å². The molecule has 0 heterocycles. The predicted octanol–water partition coefficient (Wildman–Crippen LogP) is 6.94. The minimum absolute atomic E-state index is 1.04. The van der Waals surface area contributed by atoms with Gasteiger partial charge in [-0.15, -0.1) is 0 Å². The monoisotopic (exact) mass is 232 g/mol. The van der Waals surface area contributed by atoms with Crippen LogP contribution in [0.2, 0.25) is 0 Å². The van der Waals surface area contributed by atoms with Crippen LogP contribution in [-0.2, 0) is 0 Å². The van der Waals surface area contributed by atoms with Crippen molar-refractivity contribution >= 4 is 0 Å². The maximum atomic E-state index is 2.32. The standard InChI is InChI=1S/C6H12.2C3H8.2C2H6/c1-5-3-6(2)4-5;2*1-3-2;2*1-2/h5-6H,3-4H2,1-2H3;2*3H2,1-2H3;2*1-2H3. The molecule has 16 heavy (non-hydrogen) atoms. The molecule has 0 aromatic rings. The predicted molar refractivity (Wildman–Crippen MR) is 82.2 cm³/mol. The molecule has 1 rings (SSSR count). The van der Waals surface area contributed by atoms with Crippen LogP contribution in [0.15, 0.2) is 0 Å². The second-order valence-corrected chi connectivity index (χ2v) is 4.10. The highest BCUT2D eigenvalue weighted by atomic mass is 14.2. The first kappa shape index (κ1) is 25.0. The largest absolute Gasteiger partial charge is 0.0683 e. The van der Waals surface area contributed by atoms with Crippen LogP contribution in [0.4, 0.5) is 0 Å². The van der Waals surface area contributed by atoms with Crippen LogP contribution >= 0.6 is 0 Å². The Morgan fingerprint density at radius 1 is 0.625 bits per heavy atom. The molecule has 1 aliphatic rings. The van der Waals surface area contributed by atoms with Crippen LogP contribution in [0.25, 0.3) is 0 Å². The summed E-state index contributed by atoms with van der Waals surface area (Å²) in [4.78, 5) is 0. The fourth-order valence-corrected chi connectivity index (χ4v) is 1.30. The Balaban J connectivity index is -0.0000000630. The topological polar surface area (TPSA) is 0 Å². The first-order valence-corrected chi connectivity index (χ1v) is 7.62. The molecular weight excluding hydrogens is 192 g/mol. The molecule has 1 aliphatic carbocycles. The molecule has 0 heteroatoms. The van der Waals surface area contributed by atoms with E-state index in [4.69, 9.17) is 0 Å². The molecule has 0 unspecified atom stereocenters. The zero-order chi connectivity index (χ0) is 14.0. The zero-order valence-corrected chi connectivity index (χ0v) is 14.0. The van der Waals surface area contributed by atoms with Crippen molar-refractivity contribution in [3.8, 4) is 0 Å². The van der Waals surface area contributed by atoms with E-state index in [-0.39, 0.29) is 0 Å². The second kappa shape index (κ2) is 29.4. The van der Waals surface area contributed by atoms with E-state index in [9.17, 15) is 0 Å². The Morgan fingerprint density at radius 3 is 0.750 bits per heavy atom. The van der Waals surface area contributed by atoms with Gasteiger partial charge in [0.2, 0.25) is 0 Å². The fraction of sp³-hybridized carbons (Fsp3) is 1.00. The van der Waals surface area contributed by atoms with Crippen LogP contribution in [0.3, 0.4) is 0 Å². The van der Waals surface area contributed by atoms with Gasteiger partial charge >= 0.3 is 0 Å². The lowest BCUT2D eigenvalue weighted by Gasteiger charge is -2.28. The van der Waals surface area contributed by atoms with Crippen molar-refractivity contribution in [3.05, 3.63) is 0 Å². The summed E-state index contributed by atoms with van der Waals surface area (Å²) in [5.74, 6) is 2.08. The third-order valence-corrected chi connectivity index (χ3v) is 1.61. The van der Waals surface area contributed by atoms with Gasteiger partial charge in [0, 0.05) is 0 Å². The molecule has 0 aromatic carbocycles. The van der Waals surface area contributed by atoms with Crippen molar-refractivity contribution in [2.24, 2.45) is 11.8 Å². The van der Waals surface area contributed by atoms with Gasteiger partial charge in [0.25, 0.3) is 0 Å². The lowest BCUT2D eigenvalue weighted by Crippen LogP contribution is -2.16. The molecule has 0 nitrogen and oxygen atoms in total.